The van der Waals surface area contributed by atoms with Crippen LogP contribution in [0.15, 0.2) is 103 Å². The molecule has 0 saturated carbocycles. The third-order valence-corrected chi connectivity index (χ3v) is 8.69. The average molecular weight is 530 g/mol. The van der Waals surface area contributed by atoms with E-state index in [0.29, 0.717) is 40.2 Å². The van der Waals surface area contributed by atoms with Gasteiger partial charge in [-0.1, -0.05) is 78.9 Å². The lowest BCUT2D eigenvalue weighted by molar-refractivity contribution is -0.124. The molecule has 3 N–H and O–H groups in total. The summed E-state index contributed by atoms with van der Waals surface area (Å²) in [6.07, 6.45) is 0.432. The Labute approximate surface area is 231 Å². The maximum Gasteiger partial charge on any atom is 0.250 e. The van der Waals surface area contributed by atoms with Crippen LogP contribution in [0.3, 0.4) is 0 Å². The first-order valence-corrected chi connectivity index (χ1v) is 13.3. The number of fused-ring (bicyclic) bond motifs is 4. The van der Waals surface area contributed by atoms with Crippen LogP contribution in [-0.2, 0) is 27.0 Å². The van der Waals surface area contributed by atoms with Crippen molar-refractivity contribution in [2.45, 2.75) is 23.4 Å². The van der Waals surface area contributed by atoms with Crippen LogP contribution in [0, 0.1) is 5.92 Å². The molecule has 0 aromatic heterocycles. The SMILES string of the molecule is COc1cccc(C(=O)[C@@H]2[C@@]3(C(=O)Nc4ccccc43)[C@H](Cc3ccccc3)N[C@]23C(=O)Nc2ccccc23)c1. The Morgan fingerprint density at radius 1 is 0.775 bits per heavy atom. The zero-order valence-corrected chi connectivity index (χ0v) is 21.8. The van der Waals surface area contributed by atoms with E-state index >= 15 is 0 Å². The van der Waals surface area contributed by atoms with E-state index in [4.69, 9.17) is 4.74 Å². The second-order valence-electron chi connectivity index (χ2n) is 10.6. The monoisotopic (exact) mass is 529 g/mol. The molecule has 1 saturated heterocycles. The Hall–Kier alpha value is -4.75. The molecule has 0 unspecified atom stereocenters. The molecule has 3 aliphatic heterocycles. The summed E-state index contributed by atoms with van der Waals surface area (Å²) in [5, 5.41) is 9.70. The van der Waals surface area contributed by atoms with Gasteiger partial charge in [-0.05, 0) is 41.8 Å². The van der Waals surface area contributed by atoms with Crippen LogP contribution in [-0.4, -0.2) is 30.7 Å². The summed E-state index contributed by atoms with van der Waals surface area (Å²) in [4.78, 5) is 43.5. The molecule has 2 amide bonds. The van der Waals surface area contributed by atoms with E-state index in [1.54, 1.807) is 31.4 Å². The number of hydrogen-bond donors (Lipinski definition) is 3. The van der Waals surface area contributed by atoms with Gasteiger partial charge in [0, 0.05) is 28.5 Å². The van der Waals surface area contributed by atoms with Crippen molar-refractivity contribution in [1.82, 2.24) is 5.32 Å². The van der Waals surface area contributed by atoms with Crippen LogP contribution in [0.5, 0.6) is 5.75 Å². The highest BCUT2D eigenvalue weighted by Gasteiger charge is 2.74. The van der Waals surface area contributed by atoms with E-state index in [2.05, 4.69) is 16.0 Å². The van der Waals surface area contributed by atoms with Gasteiger partial charge in [-0.3, -0.25) is 19.7 Å². The molecule has 7 heteroatoms. The molecule has 3 heterocycles. The van der Waals surface area contributed by atoms with Crippen molar-refractivity contribution in [1.29, 1.82) is 0 Å². The highest BCUT2D eigenvalue weighted by atomic mass is 16.5. The largest absolute Gasteiger partial charge is 0.497 e. The molecule has 3 aliphatic rings. The van der Waals surface area contributed by atoms with E-state index in [0.717, 1.165) is 5.56 Å². The normalized spacial score (nSPS) is 25.9. The van der Waals surface area contributed by atoms with Crippen LogP contribution in [0.25, 0.3) is 0 Å². The molecular weight excluding hydrogens is 502 g/mol. The highest BCUT2D eigenvalue weighted by molar-refractivity contribution is 6.18. The van der Waals surface area contributed by atoms with Crippen molar-refractivity contribution in [3.63, 3.8) is 0 Å². The molecule has 4 aromatic carbocycles. The summed E-state index contributed by atoms with van der Waals surface area (Å²) in [6.45, 7) is 0. The Kier molecular flexibility index (Phi) is 5.40. The fourth-order valence-corrected chi connectivity index (χ4v) is 7.07. The van der Waals surface area contributed by atoms with Crippen molar-refractivity contribution in [3.05, 3.63) is 125 Å². The lowest BCUT2D eigenvalue weighted by Crippen LogP contribution is -2.54. The van der Waals surface area contributed by atoms with Crippen molar-refractivity contribution in [2.75, 3.05) is 17.7 Å². The van der Waals surface area contributed by atoms with Gasteiger partial charge in [0.25, 0.3) is 0 Å². The number of ketones is 1. The maximum atomic E-state index is 14.9. The first-order chi connectivity index (χ1) is 19.5. The number of carbonyl (C=O) groups is 3. The highest BCUT2D eigenvalue weighted by Crippen LogP contribution is 2.60. The molecule has 1 fully saturated rings. The number of methoxy groups -OCH3 is 1. The minimum atomic E-state index is -1.48. The van der Waals surface area contributed by atoms with Crippen LogP contribution in [0.1, 0.15) is 27.0 Å². The fourth-order valence-electron chi connectivity index (χ4n) is 7.07. The lowest BCUT2D eigenvalue weighted by atomic mass is 9.60. The number of Topliss-reactive ketones (excluding diaryl/α,β-unsaturated/α-hetero) is 1. The van der Waals surface area contributed by atoms with Gasteiger partial charge < -0.3 is 15.4 Å². The summed E-state index contributed by atoms with van der Waals surface area (Å²) in [5.41, 5.74) is 1.17. The average Bonchev–Trinajstić information content (AvgIpc) is 3.56. The van der Waals surface area contributed by atoms with E-state index in [1.165, 1.54) is 0 Å². The summed E-state index contributed by atoms with van der Waals surface area (Å²) in [5.74, 6) is -1.51. The summed E-state index contributed by atoms with van der Waals surface area (Å²) in [7, 11) is 1.54. The quantitative estimate of drug-likeness (QED) is 0.332. The number of anilines is 2. The van der Waals surface area contributed by atoms with Gasteiger partial charge in [-0.2, -0.15) is 0 Å². The van der Waals surface area contributed by atoms with E-state index in [1.807, 2.05) is 78.9 Å². The molecule has 0 radical (unpaired) electrons. The Bertz CT molecular complexity index is 1690. The third-order valence-electron chi connectivity index (χ3n) is 8.69. The molecular formula is C33H27N3O4. The standard InChI is InChI=1S/C33H27N3O4/c1-40-22-13-9-12-21(19-22)28(37)29-32(23-14-5-7-16-25(23)34-30(32)38)27(18-20-10-3-2-4-11-20)36-33(29)24-15-6-8-17-26(24)35-31(33)39/h2-17,19,27,29,36H,18H2,1H3,(H,34,38)(H,35,39)/t27-,29+,32-,33-/m0/s1. The first kappa shape index (κ1) is 24.3. The van der Waals surface area contributed by atoms with Gasteiger partial charge in [-0.25, -0.2) is 0 Å². The zero-order chi connectivity index (χ0) is 27.5. The number of para-hydroxylation sites is 2. The van der Waals surface area contributed by atoms with Gasteiger partial charge in [0.05, 0.1) is 13.0 Å². The molecule has 40 heavy (non-hydrogen) atoms. The number of nitrogens with one attached hydrogen (secondary N) is 3. The molecule has 0 aliphatic carbocycles. The van der Waals surface area contributed by atoms with Gasteiger partial charge >= 0.3 is 0 Å². The molecule has 198 valence electrons. The van der Waals surface area contributed by atoms with Crippen molar-refractivity contribution >= 4 is 29.0 Å². The number of carbonyl (C=O) groups excluding carboxylic acids is 3. The minimum Gasteiger partial charge on any atom is -0.497 e. The smallest absolute Gasteiger partial charge is 0.250 e. The Morgan fingerprint density at radius 2 is 1.43 bits per heavy atom. The predicted molar refractivity (Wildman–Crippen MR) is 151 cm³/mol. The molecule has 7 rings (SSSR count). The van der Waals surface area contributed by atoms with Gasteiger partial charge in [0.2, 0.25) is 11.8 Å². The Morgan fingerprint density at radius 3 is 2.17 bits per heavy atom. The number of rotatable bonds is 5. The van der Waals surface area contributed by atoms with Crippen molar-refractivity contribution in [3.8, 4) is 5.75 Å². The van der Waals surface area contributed by atoms with E-state index in [9.17, 15) is 14.4 Å². The molecule has 4 atom stereocenters. The number of hydrogen-bond acceptors (Lipinski definition) is 5. The third kappa shape index (κ3) is 3.18. The molecule has 4 aromatic rings. The van der Waals surface area contributed by atoms with Crippen LogP contribution in [0.2, 0.25) is 0 Å². The van der Waals surface area contributed by atoms with Crippen LogP contribution in [0.4, 0.5) is 11.4 Å². The maximum absolute atomic E-state index is 14.9. The topological polar surface area (TPSA) is 96.5 Å². The van der Waals surface area contributed by atoms with Crippen molar-refractivity contribution < 1.29 is 19.1 Å². The Balaban J connectivity index is 1.53. The molecule has 7 nitrogen and oxygen atoms in total. The van der Waals surface area contributed by atoms with Crippen molar-refractivity contribution in [2.24, 2.45) is 5.92 Å². The molecule has 0 bridgehead atoms. The minimum absolute atomic E-state index is 0.294. The number of benzene rings is 4. The predicted octanol–water partition coefficient (Wildman–Crippen LogP) is 4.45. The number of amides is 2. The van der Waals surface area contributed by atoms with Gasteiger partial charge in [0.15, 0.2) is 5.78 Å². The fraction of sp³-hybridized carbons (Fsp3) is 0.182. The molecule has 2 spiro atoms. The zero-order valence-electron chi connectivity index (χ0n) is 21.8. The first-order valence-electron chi connectivity index (χ1n) is 13.3. The summed E-state index contributed by atoms with van der Waals surface area (Å²) >= 11 is 0. The summed E-state index contributed by atoms with van der Waals surface area (Å²) < 4.78 is 5.43. The van der Waals surface area contributed by atoms with Crippen LogP contribution >= 0.6 is 0 Å². The van der Waals surface area contributed by atoms with Gasteiger partial charge in [0.1, 0.15) is 16.7 Å². The second kappa shape index (κ2) is 8.89. The van der Waals surface area contributed by atoms with E-state index in [-0.39, 0.29) is 17.6 Å². The second-order valence-corrected chi connectivity index (χ2v) is 10.6. The van der Waals surface area contributed by atoms with Gasteiger partial charge in [-0.15, -0.1) is 0 Å². The lowest BCUT2D eigenvalue weighted by Gasteiger charge is -2.36. The summed E-state index contributed by atoms with van der Waals surface area (Å²) in [6, 6.07) is 31.1. The van der Waals surface area contributed by atoms with E-state index < -0.39 is 22.9 Å². The number of ether oxygens (including phenoxy) is 1. The van der Waals surface area contributed by atoms with Crippen LogP contribution < -0.4 is 20.7 Å².